The molecule has 2 amide bonds. The van der Waals surface area contributed by atoms with E-state index in [0.29, 0.717) is 36.6 Å². The maximum absolute atomic E-state index is 12.1. The molecule has 2 rings (SSSR count). The van der Waals surface area contributed by atoms with Crippen LogP contribution in [0.3, 0.4) is 0 Å². The minimum atomic E-state index is -0.446. The highest BCUT2D eigenvalue weighted by atomic mass is 16.5. The highest BCUT2D eigenvalue weighted by Gasteiger charge is 2.07. The summed E-state index contributed by atoms with van der Waals surface area (Å²) in [4.78, 5) is 35.0. The summed E-state index contributed by atoms with van der Waals surface area (Å²) in [5.74, 6) is 0.0621. The number of esters is 1. The second-order valence-corrected chi connectivity index (χ2v) is 6.10. The van der Waals surface area contributed by atoms with Crippen molar-refractivity contribution in [2.45, 2.75) is 13.3 Å². The molecule has 2 N–H and O–H groups in total. The van der Waals surface area contributed by atoms with Gasteiger partial charge in [0, 0.05) is 37.2 Å². The first-order valence-corrected chi connectivity index (χ1v) is 9.15. The largest absolute Gasteiger partial charge is 0.496 e. The van der Waals surface area contributed by atoms with Crippen molar-refractivity contribution < 1.29 is 23.9 Å². The van der Waals surface area contributed by atoms with Gasteiger partial charge in [-0.3, -0.25) is 14.4 Å². The van der Waals surface area contributed by atoms with Gasteiger partial charge in [-0.2, -0.15) is 0 Å². The molecule has 0 fully saturated rings. The van der Waals surface area contributed by atoms with Gasteiger partial charge in [0.05, 0.1) is 7.11 Å². The lowest BCUT2D eigenvalue weighted by Crippen LogP contribution is -2.29. The molecule has 7 heteroatoms. The molecule has 0 aliphatic carbocycles. The Morgan fingerprint density at radius 3 is 2.52 bits per heavy atom. The monoisotopic (exact) mass is 396 g/mol. The lowest BCUT2D eigenvalue weighted by Gasteiger charge is -2.07. The fraction of sp³-hybridized carbons (Fsp3) is 0.227. The summed E-state index contributed by atoms with van der Waals surface area (Å²) in [5, 5.41) is 5.52. The van der Waals surface area contributed by atoms with E-state index in [1.54, 1.807) is 31.4 Å². The van der Waals surface area contributed by atoms with Crippen molar-refractivity contribution in [3.05, 3.63) is 65.7 Å². The van der Waals surface area contributed by atoms with E-state index in [0.717, 1.165) is 5.56 Å². The smallest absolute Gasteiger partial charge is 0.308 e. The van der Waals surface area contributed by atoms with Crippen LogP contribution in [0.2, 0.25) is 0 Å². The average molecular weight is 396 g/mol. The summed E-state index contributed by atoms with van der Waals surface area (Å²) in [6.07, 6.45) is 3.70. The predicted octanol–water partition coefficient (Wildman–Crippen LogP) is 2.57. The van der Waals surface area contributed by atoms with Gasteiger partial charge < -0.3 is 20.1 Å². The van der Waals surface area contributed by atoms with Gasteiger partial charge in [-0.05, 0) is 36.8 Å². The van der Waals surface area contributed by atoms with Crippen molar-refractivity contribution in [1.82, 2.24) is 10.6 Å². The zero-order valence-corrected chi connectivity index (χ0v) is 16.4. The van der Waals surface area contributed by atoms with E-state index in [1.165, 1.54) is 19.1 Å². The SMILES string of the molecule is COc1ccccc1/C=C/C(=O)NCCCNC(=O)c1cccc(OC(C)=O)c1. The number of methoxy groups -OCH3 is 1. The fourth-order valence-corrected chi connectivity index (χ4v) is 2.50. The van der Waals surface area contributed by atoms with E-state index in [2.05, 4.69) is 10.6 Å². The molecule has 0 aliphatic rings. The molecule has 0 aromatic heterocycles. The highest BCUT2D eigenvalue weighted by molar-refractivity contribution is 5.94. The molecule has 2 aromatic carbocycles. The number of rotatable bonds is 9. The number of amides is 2. The van der Waals surface area contributed by atoms with E-state index >= 15 is 0 Å². The van der Waals surface area contributed by atoms with Crippen LogP contribution in [0.1, 0.15) is 29.3 Å². The summed E-state index contributed by atoms with van der Waals surface area (Å²) in [7, 11) is 1.58. The molecule has 0 aliphatic heterocycles. The predicted molar refractivity (Wildman–Crippen MR) is 110 cm³/mol. The second-order valence-electron chi connectivity index (χ2n) is 6.10. The van der Waals surface area contributed by atoms with E-state index in [4.69, 9.17) is 9.47 Å². The summed E-state index contributed by atoms with van der Waals surface area (Å²) in [5.41, 5.74) is 1.21. The molecule has 0 saturated carbocycles. The molecule has 7 nitrogen and oxygen atoms in total. The Morgan fingerprint density at radius 1 is 1.00 bits per heavy atom. The third kappa shape index (κ3) is 7.50. The van der Waals surface area contributed by atoms with Gasteiger partial charge in [0.1, 0.15) is 11.5 Å². The number of carbonyl (C=O) groups is 3. The van der Waals surface area contributed by atoms with E-state index < -0.39 is 5.97 Å². The molecule has 2 aromatic rings. The Kier molecular flexibility index (Phi) is 8.44. The van der Waals surface area contributed by atoms with Crippen LogP contribution in [0.15, 0.2) is 54.6 Å². The number of nitrogens with one attached hydrogen (secondary N) is 2. The molecule has 0 heterocycles. The lowest BCUT2D eigenvalue weighted by molar-refractivity contribution is -0.131. The number of hydrogen-bond acceptors (Lipinski definition) is 5. The zero-order valence-electron chi connectivity index (χ0n) is 16.4. The standard InChI is InChI=1S/C22H24N2O5/c1-16(25)29-19-9-5-8-18(15-19)22(27)24-14-6-13-23-21(26)12-11-17-7-3-4-10-20(17)28-2/h3-5,7-12,15H,6,13-14H2,1-2H3,(H,23,26)(H,24,27)/b12-11+. The minimum Gasteiger partial charge on any atom is -0.496 e. The summed E-state index contributed by atoms with van der Waals surface area (Å²) in [6.45, 7) is 2.11. The van der Waals surface area contributed by atoms with Crippen molar-refractivity contribution in [1.29, 1.82) is 0 Å². The highest BCUT2D eigenvalue weighted by Crippen LogP contribution is 2.18. The van der Waals surface area contributed by atoms with Gasteiger partial charge in [-0.15, -0.1) is 0 Å². The topological polar surface area (TPSA) is 93.7 Å². The molecule has 0 saturated heterocycles. The molecule has 0 unspecified atom stereocenters. The Balaban J connectivity index is 1.71. The first kappa shape index (κ1) is 21.7. The van der Waals surface area contributed by atoms with Crippen LogP contribution >= 0.6 is 0 Å². The van der Waals surface area contributed by atoms with Crippen molar-refractivity contribution in [2.75, 3.05) is 20.2 Å². The molecule has 0 radical (unpaired) electrons. The third-order valence-corrected chi connectivity index (χ3v) is 3.85. The van der Waals surface area contributed by atoms with E-state index in [1.807, 2.05) is 24.3 Å². The minimum absolute atomic E-state index is 0.226. The molecule has 152 valence electrons. The number of hydrogen-bond donors (Lipinski definition) is 2. The first-order chi connectivity index (χ1) is 14.0. The van der Waals surface area contributed by atoms with Crippen LogP contribution in [-0.2, 0) is 9.59 Å². The van der Waals surface area contributed by atoms with Gasteiger partial charge in [-0.25, -0.2) is 0 Å². The van der Waals surface area contributed by atoms with E-state index in [9.17, 15) is 14.4 Å². The molecule has 0 bridgehead atoms. The normalized spacial score (nSPS) is 10.4. The Hall–Kier alpha value is -3.61. The number of benzene rings is 2. The van der Waals surface area contributed by atoms with Crippen LogP contribution in [0.25, 0.3) is 6.08 Å². The lowest BCUT2D eigenvalue weighted by atomic mass is 10.2. The Labute approximate surface area is 169 Å². The van der Waals surface area contributed by atoms with Crippen molar-refractivity contribution >= 4 is 23.9 Å². The summed E-state index contributed by atoms with van der Waals surface area (Å²) >= 11 is 0. The van der Waals surface area contributed by atoms with Gasteiger partial charge in [0.15, 0.2) is 0 Å². The van der Waals surface area contributed by atoms with Gasteiger partial charge in [0.25, 0.3) is 5.91 Å². The quantitative estimate of drug-likeness (QED) is 0.294. The molecule has 0 atom stereocenters. The summed E-state index contributed by atoms with van der Waals surface area (Å²) in [6, 6.07) is 13.8. The van der Waals surface area contributed by atoms with Crippen LogP contribution < -0.4 is 20.1 Å². The molecule has 0 spiro atoms. The first-order valence-electron chi connectivity index (χ1n) is 9.15. The number of para-hydroxylation sites is 1. The van der Waals surface area contributed by atoms with Gasteiger partial charge in [-0.1, -0.05) is 24.3 Å². The second kappa shape index (κ2) is 11.3. The van der Waals surface area contributed by atoms with Crippen LogP contribution in [0.5, 0.6) is 11.5 Å². The molecular formula is C22H24N2O5. The van der Waals surface area contributed by atoms with Crippen LogP contribution in [0.4, 0.5) is 0 Å². The number of ether oxygens (including phenoxy) is 2. The molecular weight excluding hydrogens is 372 g/mol. The summed E-state index contributed by atoms with van der Waals surface area (Å²) < 4.78 is 10.2. The molecule has 29 heavy (non-hydrogen) atoms. The fourth-order valence-electron chi connectivity index (χ4n) is 2.50. The van der Waals surface area contributed by atoms with Gasteiger partial charge >= 0.3 is 5.97 Å². The van der Waals surface area contributed by atoms with Gasteiger partial charge in [0.2, 0.25) is 5.91 Å². The van der Waals surface area contributed by atoms with E-state index in [-0.39, 0.29) is 11.8 Å². The van der Waals surface area contributed by atoms with Crippen molar-refractivity contribution in [2.24, 2.45) is 0 Å². The van der Waals surface area contributed by atoms with Crippen molar-refractivity contribution in [3.63, 3.8) is 0 Å². The van der Waals surface area contributed by atoms with Crippen LogP contribution in [-0.4, -0.2) is 38.0 Å². The van der Waals surface area contributed by atoms with Crippen LogP contribution in [0, 0.1) is 0 Å². The Bertz CT molecular complexity index is 892. The Morgan fingerprint density at radius 2 is 1.76 bits per heavy atom. The third-order valence-electron chi connectivity index (χ3n) is 3.85. The average Bonchev–Trinajstić information content (AvgIpc) is 2.71. The van der Waals surface area contributed by atoms with Crippen molar-refractivity contribution in [3.8, 4) is 11.5 Å². The maximum Gasteiger partial charge on any atom is 0.308 e. The number of carbonyl (C=O) groups excluding carboxylic acids is 3. The zero-order chi connectivity index (χ0) is 21.1. The maximum atomic E-state index is 12.1.